The van der Waals surface area contributed by atoms with Gasteiger partial charge in [0.2, 0.25) is 0 Å². The van der Waals surface area contributed by atoms with Crippen LogP contribution in [0.15, 0.2) is 46.4 Å². The van der Waals surface area contributed by atoms with Crippen LogP contribution in [0.25, 0.3) is 0 Å². The van der Waals surface area contributed by atoms with Gasteiger partial charge in [-0.1, -0.05) is 37.0 Å². The summed E-state index contributed by atoms with van der Waals surface area (Å²) in [4.78, 5) is 9.13. The summed E-state index contributed by atoms with van der Waals surface area (Å²) in [5, 5.41) is 1.48. The Morgan fingerprint density at radius 2 is 1.18 bits per heavy atom. The maximum absolute atomic E-state index is 6.05. The van der Waals surface area contributed by atoms with Crippen molar-refractivity contribution in [2.45, 2.75) is 26.7 Å². The summed E-state index contributed by atoms with van der Waals surface area (Å²) in [7, 11) is 7.03. The molecule has 0 radical (unpaired) electrons. The van der Waals surface area contributed by atoms with Gasteiger partial charge in [0.1, 0.15) is 12.7 Å². The van der Waals surface area contributed by atoms with Gasteiger partial charge in [-0.2, -0.15) is 0 Å². The summed E-state index contributed by atoms with van der Waals surface area (Å²) in [5.41, 5.74) is 4.14. The molecule has 0 atom stereocenters. The SMILES string of the molecule is CCc1cc(Cl)ccc1N=CN(C)SSN(C)C=Nc1ccc(Cl)cc1CC. The molecule has 0 aliphatic rings. The van der Waals surface area contributed by atoms with Crippen LogP contribution in [0, 0.1) is 0 Å². The average Bonchev–Trinajstić information content (AvgIpc) is 2.70. The monoisotopic (exact) mass is 454 g/mol. The van der Waals surface area contributed by atoms with E-state index >= 15 is 0 Å². The van der Waals surface area contributed by atoms with Gasteiger partial charge in [0.15, 0.2) is 0 Å². The number of benzene rings is 2. The minimum Gasteiger partial charge on any atom is -0.299 e. The van der Waals surface area contributed by atoms with E-state index in [1.54, 1.807) is 34.6 Å². The molecule has 0 fully saturated rings. The topological polar surface area (TPSA) is 31.2 Å². The molecule has 0 spiro atoms. The first-order valence-corrected chi connectivity index (χ1v) is 11.7. The maximum Gasteiger partial charge on any atom is 0.102 e. The standard InChI is InChI=1S/C20H24Cl2N4S2/c1-5-15-11-17(21)7-9-19(15)23-13-25(3)27-28-26(4)14-24-20-10-8-18(22)12-16(20)6-2/h7-14H,5-6H2,1-4H3. The first-order valence-electron chi connectivity index (χ1n) is 8.88. The minimum atomic E-state index is 0.738. The van der Waals surface area contributed by atoms with Crippen LogP contribution in [0.2, 0.25) is 10.0 Å². The van der Waals surface area contributed by atoms with E-state index in [4.69, 9.17) is 23.2 Å². The van der Waals surface area contributed by atoms with Crippen LogP contribution in [-0.2, 0) is 12.8 Å². The summed E-state index contributed by atoms with van der Waals surface area (Å²) in [6.45, 7) is 4.19. The predicted molar refractivity (Wildman–Crippen MR) is 129 cm³/mol. The smallest absolute Gasteiger partial charge is 0.102 e. The fourth-order valence-electron chi connectivity index (χ4n) is 2.36. The van der Waals surface area contributed by atoms with Gasteiger partial charge >= 0.3 is 0 Å². The molecule has 0 heterocycles. The molecule has 0 aliphatic heterocycles. The van der Waals surface area contributed by atoms with Crippen LogP contribution in [0.1, 0.15) is 25.0 Å². The molecular formula is C20H24Cl2N4S2. The summed E-state index contributed by atoms with van der Waals surface area (Å²) in [6.07, 6.45) is 5.39. The Bertz CT molecular complexity index is 773. The Balaban J connectivity index is 1.89. The van der Waals surface area contributed by atoms with Crippen LogP contribution < -0.4 is 0 Å². The number of rotatable bonds is 9. The molecule has 2 rings (SSSR count). The van der Waals surface area contributed by atoms with Crippen molar-refractivity contribution in [2.75, 3.05) is 14.1 Å². The van der Waals surface area contributed by atoms with Crippen LogP contribution in [0.5, 0.6) is 0 Å². The zero-order valence-electron chi connectivity index (χ0n) is 16.4. The number of nitrogens with zero attached hydrogens (tertiary/aromatic N) is 4. The Kier molecular flexibility index (Phi) is 9.51. The van der Waals surface area contributed by atoms with Gasteiger partial charge < -0.3 is 0 Å². The van der Waals surface area contributed by atoms with Gasteiger partial charge in [-0.25, -0.2) is 9.98 Å². The molecule has 0 bridgehead atoms. The van der Waals surface area contributed by atoms with E-state index in [0.717, 1.165) is 45.4 Å². The molecule has 0 unspecified atom stereocenters. The average molecular weight is 455 g/mol. The van der Waals surface area contributed by atoms with Crippen molar-refractivity contribution in [3.8, 4) is 0 Å². The minimum absolute atomic E-state index is 0.738. The third-order valence-electron chi connectivity index (χ3n) is 3.83. The van der Waals surface area contributed by atoms with Crippen LogP contribution >= 0.6 is 45.2 Å². The molecule has 0 aliphatic carbocycles. The predicted octanol–water partition coefficient (Wildman–Crippen LogP) is 7.21. The van der Waals surface area contributed by atoms with Crippen molar-refractivity contribution >= 4 is 69.2 Å². The summed E-state index contributed by atoms with van der Waals surface area (Å²) in [6, 6.07) is 11.5. The fourth-order valence-corrected chi connectivity index (χ4v) is 3.99. The Morgan fingerprint density at radius 3 is 1.54 bits per heavy atom. The van der Waals surface area contributed by atoms with Crippen molar-refractivity contribution in [2.24, 2.45) is 9.98 Å². The lowest BCUT2D eigenvalue weighted by Crippen LogP contribution is -2.09. The third-order valence-corrected chi connectivity index (χ3v) is 6.64. The summed E-state index contributed by atoms with van der Waals surface area (Å²) in [5.74, 6) is 0. The zero-order chi connectivity index (χ0) is 20.5. The van der Waals surface area contributed by atoms with Gasteiger partial charge in [-0.15, -0.1) is 0 Å². The van der Waals surface area contributed by atoms with Crippen molar-refractivity contribution in [1.29, 1.82) is 0 Å². The van der Waals surface area contributed by atoms with E-state index in [0.29, 0.717) is 0 Å². The van der Waals surface area contributed by atoms with Crippen molar-refractivity contribution in [3.05, 3.63) is 57.6 Å². The van der Waals surface area contributed by atoms with Gasteiger partial charge in [0, 0.05) is 46.1 Å². The second-order valence-electron chi connectivity index (χ2n) is 5.98. The second kappa shape index (κ2) is 11.6. The highest BCUT2D eigenvalue weighted by atomic mass is 35.5. The molecular weight excluding hydrogens is 431 g/mol. The highest BCUT2D eigenvalue weighted by Crippen LogP contribution is 2.28. The number of aliphatic imine (C=N–C) groups is 2. The Labute approximate surface area is 185 Å². The largest absolute Gasteiger partial charge is 0.299 e. The molecule has 150 valence electrons. The number of hydrogen-bond donors (Lipinski definition) is 0. The molecule has 4 nitrogen and oxygen atoms in total. The molecule has 0 aromatic heterocycles. The van der Waals surface area contributed by atoms with Crippen LogP contribution in [0.3, 0.4) is 0 Å². The first-order chi connectivity index (χ1) is 13.4. The van der Waals surface area contributed by atoms with E-state index in [2.05, 4.69) is 23.8 Å². The Hall–Kier alpha value is -1.34. The molecule has 0 N–H and O–H groups in total. The summed E-state index contributed by atoms with van der Waals surface area (Å²) < 4.78 is 3.89. The zero-order valence-corrected chi connectivity index (χ0v) is 19.5. The highest BCUT2D eigenvalue weighted by Gasteiger charge is 2.03. The number of aryl methyl sites for hydroxylation is 2. The molecule has 2 aromatic rings. The molecule has 0 saturated heterocycles. The quantitative estimate of drug-likeness (QED) is 0.173. The second-order valence-corrected chi connectivity index (χ2v) is 9.20. The van der Waals surface area contributed by atoms with Gasteiger partial charge in [-0.05, 0) is 60.4 Å². The van der Waals surface area contributed by atoms with Crippen LogP contribution in [-0.4, -0.2) is 35.4 Å². The number of hydrogen-bond acceptors (Lipinski definition) is 4. The lowest BCUT2D eigenvalue weighted by Gasteiger charge is -2.15. The van der Waals surface area contributed by atoms with Gasteiger partial charge in [-0.3, -0.25) is 8.61 Å². The lowest BCUT2D eigenvalue weighted by atomic mass is 10.1. The fraction of sp³-hybridized carbons (Fsp3) is 0.300. The first kappa shape index (κ1) is 22.9. The van der Waals surface area contributed by atoms with Crippen LogP contribution in [0.4, 0.5) is 11.4 Å². The van der Waals surface area contributed by atoms with E-state index < -0.39 is 0 Å². The maximum atomic E-state index is 6.05. The van der Waals surface area contributed by atoms with Crippen molar-refractivity contribution in [3.63, 3.8) is 0 Å². The van der Waals surface area contributed by atoms with Crippen molar-refractivity contribution in [1.82, 2.24) is 8.61 Å². The molecule has 0 amide bonds. The summed E-state index contributed by atoms with van der Waals surface area (Å²) >= 11 is 12.1. The van der Waals surface area contributed by atoms with E-state index in [1.807, 2.05) is 59.1 Å². The highest BCUT2D eigenvalue weighted by molar-refractivity contribution is 8.75. The molecule has 0 saturated carbocycles. The van der Waals surface area contributed by atoms with E-state index in [9.17, 15) is 0 Å². The number of halogens is 2. The molecule has 8 heteroatoms. The van der Waals surface area contributed by atoms with Gasteiger partial charge in [0.05, 0.1) is 11.4 Å². The van der Waals surface area contributed by atoms with E-state index in [1.165, 1.54) is 0 Å². The lowest BCUT2D eigenvalue weighted by molar-refractivity contribution is 0.865. The molecule has 2 aromatic carbocycles. The van der Waals surface area contributed by atoms with Crippen molar-refractivity contribution < 1.29 is 0 Å². The Morgan fingerprint density at radius 1 is 0.786 bits per heavy atom. The van der Waals surface area contributed by atoms with Gasteiger partial charge in [0.25, 0.3) is 0 Å². The molecule has 28 heavy (non-hydrogen) atoms. The third kappa shape index (κ3) is 7.24. The van der Waals surface area contributed by atoms with E-state index in [-0.39, 0.29) is 0 Å². The normalized spacial score (nSPS) is 11.5.